The Balaban J connectivity index is 1.40. The molecule has 0 fully saturated rings. The van der Waals surface area contributed by atoms with E-state index >= 15 is 0 Å². The van der Waals surface area contributed by atoms with Crippen molar-refractivity contribution in [1.29, 1.82) is 0 Å². The molecule has 4 nitrogen and oxygen atoms in total. The van der Waals surface area contributed by atoms with Crippen LogP contribution in [-0.4, -0.2) is 25.8 Å². The van der Waals surface area contributed by atoms with Crippen molar-refractivity contribution in [2.24, 2.45) is 5.92 Å². The van der Waals surface area contributed by atoms with Crippen molar-refractivity contribution in [2.45, 2.75) is 64.4 Å². The molecule has 0 bridgehead atoms. The highest BCUT2D eigenvalue weighted by Gasteiger charge is 2.21. The molecule has 4 heteroatoms. The van der Waals surface area contributed by atoms with Gasteiger partial charge >= 0.3 is 0 Å². The zero-order valence-corrected chi connectivity index (χ0v) is 19.8. The lowest BCUT2D eigenvalue weighted by atomic mass is 10.0. The number of benzene rings is 2. The van der Waals surface area contributed by atoms with Gasteiger partial charge in [-0.1, -0.05) is 111 Å². The fourth-order valence-corrected chi connectivity index (χ4v) is 3.84. The third-order valence-corrected chi connectivity index (χ3v) is 5.75. The molecule has 0 amide bonds. The first-order valence-corrected chi connectivity index (χ1v) is 12.2. The van der Waals surface area contributed by atoms with Gasteiger partial charge in [0.1, 0.15) is 13.6 Å². The van der Waals surface area contributed by atoms with Crippen LogP contribution in [0.3, 0.4) is 0 Å². The summed E-state index contributed by atoms with van der Waals surface area (Å²) in [5.74, 6) is 0.243. The van der Waals surface area contributed by atoms with Crippen LogP contribution in [0.1, 0.15) is 50.2 Å². The van der Waals surface area contributed by atoms with E-state index in [9.17, 15) is 0 Å². The zero-order valence-electron chi connectivity index (χ0n) is 19.8. The van der Waals surface area contributed by atoms with E-state index in [4.69, 9.17) is 18.9 Å². The van der Waals surface area contributed by atoms with Gasteiger partial charge in [-0.2, -0.15) is 0 Å². The molecule has 1 aliphatic rings. The van der Waals surface area contributed by atoms with Crippen molar-refractivity contribution < 1.29 is 18.9 Å². The molecule has 0 N–H and O–H groups in total. The Bertz CT molecular complexity index is 803. The van der Waals surface area contributed by atoms with E-state index in [1.165, 1.54) is 12.8 Å². The van der Waals surface area contributed by atoms with Gasteiger partial charge in [-0.05, 0) is 24.0 Å². The highest BCUT2D eigenvalue weighted by atomic mass is 16.7. The monoisotopic (exact) mass is 450 g/mol. The molecular weight excluding hydrogens is 412 g/mol. The zero-order chi connectivity index (χ0) is 23.0. The second-order valence-electron chi connectivity index (χ2n) is 8.44. The van der Waals surface area contributed by atoms with Gasteiger partial charge < -0.3 is 18.9 Å². The highest BCUT2D eigenvalue weighted by Crippen LogP contribution is 2.24. The second kappa shape index (κ2) is 15.6. The van der Waals surface area contributed by atoms with Crippen LogP contribution < -0.4 is 0 Å². The summed E-state index contributed by atoms with van der Waals surface area (Å²) >= 11 is 0. The Labute approximate surface area is 199 Å². The minimum absolute atomic E-state index is 0.0521. The molecule has 1 unspecified atom stereocenters. The molecule has 0 aromatic heterocycles. The minimum atomic E-state index is 0.0521. The van der Waals surface area contributed by atoms with Crippen molar-refractivity contribution in [3.8, 4) is 0 Å². The molecule has 0 radical (unpaired) electrons. The van der Waals surface area contributed by atoms with Gasteiger partial charge in [-0.3, -0.25) is 0 Å². The molecular formula is C29H38O4. The van der Waals surface area contributed by atoms with E-state index in [1.54, 1.807) is 0 Å². The largest absolute Gasteiger partial charge is 0.351 e. The Hall–Kier alpha value is -2.24. The van der Waals surface area contributed by atoms with E-state index in [0.29, 0.717) is 26.8 Å². The van der Waals surface area contributed by atoms with Crippen LogP contribution in [0.25, 0.3) is 0 Å². The maximum Gasteiger partial charge on any atom is 0.147 e. The fourth-order valence-electron chi connectivity index (χ4n) is 3.84. The van der Waals surface area contributed by atoms with Crippen molar-refractivity contribution in [3.63, 3.8) is 0 Å². The van der Waals surface area contributed by atoms with Gasteiger partial charge in [0.25, 0.3) is 0 Å². The summed E-state index contributed by atoms with van der Waals surface area (Å²) in [7, 11) is 0. The van der Waals surface area contributed by atoms with Crippen molar-refractivity contribution in [1.82, 2.24) is 0 Å². The van der Waals surface area contributed by atoms with E-state index < -0.39 is 0 Å². The van der Waals surface area contributed by atoms with E-state index in [1.807, 2.05) is 36.4 Å². The first-order valence-electron chi connectivity index (χ1n) is 12.2. The van der Waals surface area contributed by atoms with Crippen molar-refractivity contribution in [3.05, 3.63) is 96.1 Å². The normalized spacial score (nSPS) is 18.8. The Morgan fingerprint density at radius 1 is 0.879 bits per heavy atom. The topological polar surface area (TPSA) is 36.9 Å². The van der Waals surface area contributed by atoms with Gasteiger partial charge in [-0.15, -0.1) is 0 Å². The summed E-state index contributed by atoms with van der Waals surface area (Å²) in [6.45, 7) is 3.95. The quantitative estimate of drug-likeness (QED) is 0.160. The van der Waals surface area contributed by atoms with Crippen LogP contribution in [0.5, 0.6) is 0 Å². The smallest absolute Gasteiger partial charge is 0.147 e. The number of hydrogen-bond donors (Lipinski definition) is 0. The van der Waals surface area contributed by atoms with Crippen molar-refractivity contribution >= 4 is 0 Å². The molecule has 0 spiro atoms. The summed E-state index contributed by atoms with van der Waals surface area (Å²) < 4.78 is 23.5. The molecule has 0 saturated heterocycles. The molecule has 3 rings (SSSR count). The maximum absolute atomic E-state index is 6.05. The van der Waals surface area contributed by atoms with Crippen LogP contribution in [0, 0.1) is 5.92 Å². The lowest BCUT2D eigenvalue weighted by Crippen LogP contribution is -2.20. The van der Waals surface area contributed by atoms with E-state index in [-0.39, 0.29) is 18.1 Å². The van der Waals surface area contributed by atoms with E-state index in [2.05, 4.69) is 55.5 Å². The Morgan fingerprint density at radius 2 is 1.55 bits per heavy atom. The van der Waals surface area contributed by atoms with Gasteiger partial charge in [0.05, 0.1) is 25.4 Å². The highest BCUT2D eigenvalue weighted by molar-refractivity contribution is 5.14. The molecule has 2 aromatic rings. The predicted octanol–water partition coefficient (Wildman–Crippen LogP) is 6.82. The van der Waals surface area contributed by atoms with Gasteiger partial charge in [0, 0.05) is 5.92 Å². The molecule has 33 heavy (non-hydrogen) atoms. The summed E-state index contributed by atoms with van der Waals surface area (Å²) in [6.07, 6.45) is 14.4. The summed E-state index contributed by atoms with van der Waals surface area (Å²) in [5.41, 5.74) is 2.31. The number of unbranched alkanes of at least 4 members (excludes halogenated alkanes) is 2. The molecule has 2 aromatic carbocycles. The van der Waals surface area contributed by atoms with Gasteiger partial charge in [0.15, 0.2) is 0 Å². The third-order valence-electron chi connectivity index (χ3n) is 5.75. The molecule has 0 aliphatic heterocycles. The van der Waals surface area contributed by atoms with Crippen LogP contribution >= 0.6 is 0 Å². The minimum Gasteiger partial charge on any atom is -0.351 e. The average Bonchev–Trinajstić information content (AvgIpc) is 3.31. The molecule has 178 valence electrons. The van der Waals surface area contributed by atoms with Crippen LogP contribution in [0.2, 0.25) is 0 Å². The Kier molecular flexibility index (Phi) is 12.0. The maximum atomic E-state index is 6.05. The average molecular weight is 451 g/mol. The second-order valence-corrected chi connectivity index (χ2v) is 8.44. The van der Waals surface area contributed by atoms with Crippen molar-refractivity contribution in [2.75, 3.05) is 13.6 Å². The number of rotatable bonds is 16. The van der Waals surface area contributed by atoms with Crippen LogP contribution in [0.15, 0.2) is 85.0 Å². The number of ether oxygens (including phenoxy) is 4. The summed E-state index contributed by atoms with van der Waals surface area (Å²) in [4.78, 5) is 0. The molecule has 0 saturated carbocycles. The van der Waals surface area contributed by atoms with Crippen LogP contribution in [0.4, 0.5) is 0 Å². The fraction of sp³-hybridized carbons (Fsp3) is 0.448. The lowest BCUT2D eigenvalue weighted by molar-refractivity contribution is -0.0993. The van der Waals surface area contributed by atoms with Gasteiger partial charge in [-0.25, -0.2) is 0 Å². The van der Waals surface area contributed by atoms with Gasteiger partial charge in [0.2, 0.25) is 0 Å². The lowest BCUT2D eigenvalue weighted by Gasteiger charge is -2.19. The molecule has 1 aliphatic carbocycles. The molecule has 3 atom stereocenters. The predicted molar refractivity (Wildman–Crippen MR) is 132 cm³/mol. The third kappa shape index (κ3) is 10.1. The molecule has 0 heterocycles. The standard InChI is InChI=1S/C29H38O4/c1-2-3-6-17-28(32-23-30-21-25-12-7-4-8-13-25)20-19-27-16-11-18-29(27)33-24-31-22-26-14-9-5-10-15-26/h4-5,7-16,19-20,27-29H,2-3,6,17-18,21-24H2,1H3/b20-19+/t27-,28?,29+/m0/s1. The SMILES string of the molecule is CCCCCC(/C=C/[C@@H]1C=CC[C@H]1OCOCc1ccccc1)OCOCc1ccccc1. The van der Waals surface area contributed by atoms with E-state index in [0.717, 1.165) is 30.4 Å². The summed E-state index contributed by atoms with van der Waals surface area (Å²) in [6, 6.07) is 20.4. The summed E-state index contributed by atoms with van der Waals surface area (Å²) in [5, 5.41) is 0. The first kappa shape index (κ1) is 25.4. The Morgan fingerprint density at radius 3 is 2.21 bits per heavy atom. The van der Waals surface area contributed by atoms with Crippen LogP contribution in [-0.2, 0) is 32.2 Å². The first-order chi connectivity index (χ1) is 16.3. The number of hydrogen-bond acceptors (Lipinski definition) is 4.